The standard InChI is InChI=1S/C11H13ClFNO2/c1-7(11(15)16-2)14-6-8-3-9(12)5-10(13)4-8/h3-5,7,14H,6H2,1-2H3/t7-/m0/s1. The Hall–Kier alpha value is -1.13. The zero-order valence-corrected chi connectivity index (χ0v) is 9.84. The van der Waals surface area contributed by atoms with E-state index in [1.807, 2.05) is 0 Å². The highest BCUT2D eigenvalue weighted by Crippen LogP contribution is 2.13. The van der Waals surface area contributed by atoms with Gasteiger partial charge in [0, 0.05) is 11.6 Å². The molecule has 0 aliphatic heterocycles. The molecule has 16 heavy (non-hydrogen) atoms. The molecule has 0 amide bonds. The molecule has 0 aliphatic rings. The first-order valence-electron chi connectivity index (χ1n) is 4.79. The van der Waals surface area contributed by atoms with Crippen LogP contribution in [-0.2, 0) is 16.1 Å². The van der Waals surface area contributed by atoms with E-state index in [-0.39, 0.29) is 5.97 Å². The Morgan fingerprint density at radius 1 is 1.56 bits per heavy atom. The SMILES string of the molecule is COC(=O)[C@H](C)NCc1cc(F)cc(Cl)c1. The number of carbonyl (C=O) groups excluding carboxylic acids is 1. The summed E-state index contributed by atoms with van der Waals surface area (Å²) in [7, 11) is 1.32. The maximum Gasteiger partial charge on any atom is 0.322 e. The zero-order valence-electron chi connectivity index (χ0n) is 9.09. The van der Waals surface area contributed by atoms with Crippen molar-refractivity contribution in [3.8, 4) is 0 Å². The van der Waals surface area contributed by atoms with Crippen molar-refractivity contribution in [1.82, 2.24) is 5.32 Å². The quantitative estimate of drug-likeness (QED) is 0.826. The second-order valence-electron chi connectivity index (χ2n) is 3.40. The molecule has 0 fully saturated rings. The molecule has 0 radical (unpaired) electrons. The van der Waals surface area contributed by atoms with E-state index in [0.29, 0.717) is 17.1 Å². The van der Waals surface area contributed by atoms with E-state index >= 15 is 0 Å². The number of ether oxygens (including phenoxy) is 1. The normalized spacial score (nSPS) is 12.2. The van der Waals surface area contributed by atoms with E-state index in [4.69, 9.17) is 11.6 Å². The Kier molecular flexibility index (Phi) is 4.71. The van der Waals surface area contributed by atoms with Gasteiger partial charge in [-0.1, -0.05) is 11.6 Å². The average molecular weight is 246 g/mol. The smallest absolute Gasteiger partial charge is 0.322 e. The van der Waals surface area contributed by atoms with Gasteiger partial charge in [0.05, 0.1) is 7.11 Å². The van der Waals surface area contributed by atoms with Crippen molar-refractivity contribution in [2.75, 3.05) is 7.11 Å². The molecule has 1 N–H and O–H groups in total. The summed E-state index contributed by atoms with van der Waals surface area (Å²) in [5.41, 5.74) is 0.681. The third-order valence-corrected chi connectivity index (χ3v) is 2.31. The van der Waals surface area contributed by atoms with Crippen LogP contribution in [0.25, 0.3) is 0 Å². The minimum absolute atomic E-state index is 0.336. The van der Waals surface area contributed by atoms with E-state index in [1.165, 1.54) is 19.2 Å². The summed E-state index contributed by atoms with van der Waals surface area (Å²) in [6.07, 6.45) is 0. The molecule has 1 atom stereocenters. The number of hydrogen-bond acceptors (Lipinski definition) is 3. The van der Waals surface area contributed by atoms with Crippen molar-refractivity contribution in [2.24, 2.45) is 0 Å². The second-order valence-corrected chi connectivity index (χ2v) is 3.84. The van der Waals surface area contributed by atoms with Gasteiger partial charge in [-0.2, -0.15) is 0 Å². The monoisotopic (exact) mass is 245 g/mol. The molecule has 0 saturated heterocycles. The summed E-state index contributed by atoms with van der Waals surface area (Å²) in [6.45, 7) is 2.03. The summed E-state index contributed by atoms with van der Waals surface area (Å²) < 4.78 is 17.5. The van der Waals surface area contributed by atoms with Crippen LogP contribution in [0.2, 0.25) is 5.02 Å². The van der Waals surface area contributed by atoms with Crippen molar-refractivity contribution in [3.05, 3.63) is 34.6 Å². The van der Waals surface area contributed by atoms with Crippen molar-refractivity contribution >= 4 is 17.6 Å². The minimum atomic E-state index is -0.438. The van der Waals surface area contributed by atoms with Crippen molar-refractivity contribution in [3.63, 3.8) is 0 Å². The van der Waals surface area contributed by atoms with Crippen molar-refractivity contribution < 1.29 is 13.9 Å². The van der Waals surface area contributed by atoms with Crippen LogP contribution in [-0.4, -0.2) is 19.1 Å². The Bertz CT molecular complexity index is 364. The fraction of sp³-hybridized carbons (Fsp3) is 0.364. The first-order chi connectivity index (χ1) is 7.52. The van der Waals surface area contributed by atoms with Gasteiger partial charge in [0.1, 0.15) is 11.9 Å². The van der Waals surface area contributed by atoms with Crippen molar-refractivity contribution in [1.29, 1.82) is 0 Å². The molecule has 88 valence electrons. The van der Waals surface area contributed by atoms with E-state index in [0.717, 1.165) is 0 Å². The molecule has 0 aliphatic carbocycles. The molecule has 0 unspecified atom stereocenters. The number of benzene rings is 1. The molecule has 0 aromatic heterocycles. The van der Waals surface area contributed by atoms with Gasteiger partial charge >= 0.3 is 5.97 Å². The van der Waals surface area contributed by atoms with Crippen LogP contribution in [0.4, 0.5) is 4.39 Å². The number of esters is 1. The Morgan fingerprint density at radius 3 is 2.81 bits per heavy atom. The van der Waals surface area contributed by atoms with Crippen LogP contribution in [0, 0.1) is 5.82 Å². The molecule has 0 bridgehead atoms. The Morgan fingerprint density at radius 2 is 2.25 bits per heavy atom. The molecular weight excluding hydrogens is 233 g/mol. The molecule has 3 nitrogen and oxygen atoms in total. The van der Waals surface area contributed by atoms with Gasteiger partial charge in [-0.3, -0.25) is 4.79 Å². The molecule has 5 heteroatoms. The lowest BCUT2D eigenvalue weighted by molar-refractivity contribution is -0.142. The number of carbonyl (C=O) groups is 1. The third-order valence-electron chi connectivity index (χ3n) is 2.09. The van der Waals surface area contributed by atoms with Crippen LogP contribution < -0.4 is 5.32 Å². The Labute approximate surface area is 98.5 Å². The van der Waals surface area contributed by atoms with Crippen LogP contribution in [0.15, 0.2) is 18.2 Å². The van der Waals surface area contributed by atoms with Gasteiger partial charge in [0.25, 0.3) is 0 Å². The summed E-state index contributed by atoms with van der Waals surface area (Å²) >= 11 is 5.70. The lowest BCUT2D eigenvalue weighted by atomic mass is 10.2. The van der Waals surface area contributed by atoms with Crippen molar-refractivity contribution in [2.45, 2.75) is 19.5 Å². The van der Waals surface area contributed by atoms with Crippen LogP contribution in [0.5, 0.6) is 0 Å². The topological polar surface area (TPSA) is 38.3 Å². The fourth-order valence-corrected chi connectivity index (χ4v) is 1.49. The predicted octanol–water partition coefficient (Wildman–Crippen LogP) is 2.13. The maximum absolute atomic E-state index is 13.0. The number of halogens is 2. The largest absolute Gasteiger partial charge is 0.468 e. The van der Waals surface area contributed by atoms with E-state index < -0.39 is 11.9 Å². The van der Waals surface area contributed by atoms with E-state index in [2.05, 4.69) is 10.1 Å². The molecule has 0 spiro atoms. The Balaban J connectivity index is 2.57. The second kappa shape index (κ2) is 5.82. The average Bonchev–Trinajstić information content (AvgIpc) is 2.23. The van der Waals surface area contributed by atoms with Gasteiger partial charge in [-0.15, -0.1) is 0 Å². The fourth-order valence-electron chi connectivity index (χ4n) is 1.24. The van der Waals surface area contributed by atoms with E-state index in [1.54, 1.807) is 13.0 Å². The predicted molar refractivity (Wildman–Crippen MR) is 59.7 cm³/mol. The molecule has 1 rings (SSSR count). The first kappa shape index (κ1) is 12.9. The van der Waals surface area contributed by atoms with Crippen LogP contribution >= 0.6 is 11.6 Å². The molecule has 1 aromatic carbocycles. The highest BCUT2D eigenvalue weighted by Gasteiger charge is 2.11. The lowest BCUT2D eigenvalue weighted by Crippen LogP contribution is -2.34. The number of hydrogen-bond donors (Lipinski definition) is 1. The van der Waals surface area contributed by atoms with Crippen LogP contribution in [0.3, 0.4) is 0 Å². The van der Waals surface area contributed by atoms with Gasteiger partial charge in [-0.25, -0.2) is 4.39 Å². The molecule has 0 heterocycles. The van der Waals surface area contributed by atoms with Gasteiger partial charge in [0.15, 0.2) is 0 Å². The summed E-state index contributed by atoms with van der Waals surface area (Å²) in [5.74, 6) is -0.752. The van der Waals surface area contributed by atoms with Crippen LogP contribution in [0.1, 0.15) is 12.5 Å². The van der Waals surface area contributed by atoms with E-state index in [9.17, 15) is 9.18 Å². The highest BCUT2D eigenvalue weighted by atomic mass is 35.5. The lowest BCUT2D eigenvalue weighted by Gasteiger charge is -2.11. The number of rotatable bonds is 4. The summed E-state index contributed by atoms with van der Waals surface area (Å²) in [6, 6.07) is 3.80. The maximum atomic E-state index is 13.0. The molecular formula is C11H13ClFNO2. The van der Waals surface area contributed by atoms with Gasteiger partial charge in [0.2, 0.25) is 0 Å². The zero-order chi connectivity index (χ0) is 12.1. The number of methoxy groups -OCH3 is 1. The minimum Gasteiger partial charge on any atom is -0.468 e. The molecule has 0 saturated carbocycles. The summed E-state index contributed by atoms with van der Waals surface area (Å²) in [4.78, 5) is 11.1. The molecule has 1 aromatic rings. The van der Waals surface area contributed by atoms with Gasteiger partial charge in [-0.05, 0) is 30.7 Å². The third kappa shape index (κ3) is 3.79. The van der Waals surface area contributed by atoms with Gasteiger partial charge < -0.3 is 10.1 Å². The number of nitrogens with one attached hydrogen (secondary N) is 1. The summed E-state index contributed by atoms with van der Waals surface area (Å²) in [5, 5.41) is 3.24. The highest BCUT2D eigenvalue weighted by molar-refractivity contribution is 6.30. The first-order valence-corrected chi connectivity index (χ1v) is 5.17.